The third-order valence-electron chi connectivity index (χ3n) is 4.48. The molecule has 2 rings (SSSR count). The lowest BCUT2D eigenvalue weighted by Crippen LogP contribution is -2.53. The summed E-state index contributed by atoms with van der Waals surface area (Å²) in [7, 11) is 0. The average molecular weight is 371 g/mol. The number of ether oxygens (including phenoxy) is 1. The zero-order chi connectivity index (χ0) is 18.8. The van der Waals surface area contributed by atoms with E-state index in [9.17, 15) is 19.8 Å². The van der Waals surface area contributed by atoms with E-state index in [-0.39, 0.29) is 0 Å². The molecule has 25 heavy (non-hydrogen) atoms. The van der Waals surface area contributed by atoms with E-state index in [0.29, 0.717) is 19.4 Å². The largest absolute Gasteiger partial charge is 0.498 e. The number of nitrogens with zero attached hydrogens (tertiary/aromatic N) is 1. The van der Waals surface area contributed by atoms with Gasteiger partial charge in [-0.2, -0.15) is 10.1 Å². The van der Waals surface area contributed by atoms with Gasteiger partial charge in [-0.3, -0.25) is 0 Å². The fraction of sp³-hybridized carbons (Fsp3) is 0.647. The first-order valence-electron chi connectivity index (χ1n) is 8.40. The lowest BCUT2D eigenvalue weighted by molar-refractivity contribution is -0.427. The van der Waals surface area contributed by atoms with Gasteiger partial charge in [-0.15, -0.1) is 19.8 Å². The van der Waals surface area contributed by atoms with E-state index in [1.165, 1.54) is 10.8 Å². The molecule has 0 spiro atoms. The molecule has 3 amide bonds. The van der Waals surface area contributed by atoms with Crippen molar-refractivity contribution < 1.29 is 29.1 Å². The quantitative estimate of drug-likeness (QED) is 0.335. The van der Waals surface area contributed by atoms with Crippen LogP contribution in [0.5, 0.6) is 0 Å². The van der Waals surface area contributed by atoms with Gasteiger partial charge in [0.25, 0.3) is 0 Å². The van der Waals surface area contributed by atoms with Gasteiger partial charge in [-0.05, 0) is 25.9 Å². The first-order valence-corrected chi connectivity index (χ1v) is 11.5. The standard InChI is InChI=1S/C17H27N2O5P/c1-5-6-8-19-10-11(16(22)18-17(19)23)15-14(21)13(20)12(24-15)7-9-25(2,3)4/h5,10-15,20-21H,1-2,6-9H2,3-4H3/p+1/t11?,12-,13-,14-,15+/m1/s1. The first-order chi connectivity index (χ1) is 11.6. The number of urea groups is 1. The number of carbonyl (C=O) groups is 2. The third kappa shape index (κ3) is 4.88. The molecule has 0 aromatic rings. The minimum atomic E-state index is -1.28. The molecule has 1 saturated heterocycles. The maximum atomic E-state index is 12.2. The van der Waals surface area contributed by atoms with Crippen molar-refractivity contribution in [2.45, 2.75) is 37.3 Å². The Bertz CT molecular complexity index is 627. The number of hydrogen-bond acceptors (Lipinski definition) is 5. The molecular formula is C17H28N2O5P+. The van der Waals surface area contributed by atoms with Gasteiger partial charge in [-0.25, -0.2) is 9.37 Å². The Morgan fingerprint density at radius 2 is 2.04 bits per heavy atom. The Hall–Kier alpha value is -1.27. The van der Waals surface area contributed by atoms with Crippen LogP contribution in [-0.4, -0.2) is 89.7 Å². The monoisotopic (exact) mass is 371 g/mol. The third-order valence-corrected chi connectivity index (χ3v) is 5.95. The molecule has 2 aliphatic rings. The van der Waals surface area contributed by atoms with E-state index >= 15 is 0 Å². The summed E-state index contributed by atoms with van der Waals surface area (Å²) in [6.45, 7) is 6.90. The molecular weight excluding hydrogens is 343 g/mol. The minimum Gasteiger partial charge on any atom is -0.388 e. The molecule has 1 fully saturated rings. The number of rotatable bonds is 7. The normalized spacial score (nSPS) is 33.1. The van der Waals surface area contributed by atoms with Crippen molar-refractivity contribution in [3.8, 4) is 0 Å². The van der Waals surface area contributed by atoms with E-state index in [4.69, 9.17) is 4.74 Å². The van der Waals surface area contributed by atoms with Crippen LogP contribution in [0.25, 0.3) is 0 Å². The van der Waals surface area contributed by atoms with Crippen LogP contribution < -0.4 is 5.32 Å². The molecule has 0 aromatic carbocycles. The Morgan fingerprint density at radius 1 is 1.36 bits per heavy atom. The summed E-state index contributed by atoms with van der Waals surface area (Å²) in [5.41, 5.74) is 0. The van der Waals surface area contributed by atoms with Gasteiger partial charge in [0.2, 0.25) is 0 Å². The van der Waals surface area contributed by atoms with Crippen LogP contribution in [0.2, 0.25) is 0 Å². The van der Waals surface area contributed by atoms with Crippen molar-refractivity contribution in [1.29, 1.82) is 0 Å². The molecule has 2 aliphatic heterocycles. The second kappa shape index (κ2) is 7.96. The molecule has 140 valence electrons. The Labute approximate surface area is 148 Å². The average Bonchev–Trinajstić information content (AvgIpc) is 2.80. The zero-order valence-electron chi connectivity index (χ0n) is 14.8. The van der Waals surface area contributed by atoms with Gasteiger partial charge < -0.3 is 14.9 Å². The predicted octanol–water partition coefficient (Wildman–Crippen LogP) is 0.100. The summed E-state index contributed by atoms with van der Waals surface area (Å²) in [6, 6.07) is -0.503. The molecule has 7 nitrogen and oxygen atoms in total. The lowest BCUT2D eigenvalue weighted by atomic mass is 9.95. The molecule has 3 N–H and O–H groups in total. The number of aliphatic hydroxyl groups is 2. The van der Waals surface area contributed by atoms with Gasteiger partial charge in [0, 0.05) is 6.42 Å². The molecule has 0 aliphatic carbocycles. The number of aliphatic hydroxyl groups excluding tert-OH is 2. The Balaban J connectivity index is 2.14. The molecule has 0 saturated carbocycles. The van der Waals surface area contributed by atoms with Gasteiger partial charge >= 0.3 is 11.9 Å². The number of nitrogens with one attached hydrogen (secondary N) is 1. The summed E-state index contributed by atoms with van der Waals surface area (Å²) in [5.74, 6) is -1.36. The van der Waals surface area contributed by atoms with E-state index in [0.717, 1.165) is 6.16 Å². The molecule has 0 bridgehead atoms. The number of imide groups is 1. The zero-order valence-corrected chi connectivity index (χ0v) is 15.7. The second-order valence-electron chi connectivity index (χ2n) is 7.31. The van der Waals surface area contributed by atoms with Crippen molar-refractivity contribution in [3.05, 3.63) is 12.7 Å². The highest BCUT2D eigenvalue weighted by Gasteiger charge is 2.51. The predicted molar refractivity (Wildman–Crippen MR) is 99.1 cm³/mol. The first kappa shape index (κ1) is 20.0. The van der Waals surface area contributed by atoms with E-state index in [1.807, 2.05) is 0 Å². The van der Waals surface area contributed by atoms with Crippen molar-refractivity contribution in [3.63, 3.8) is 0 Å². The highest BCUT2D eigenvalue weighted by molar-refractivity contribution is 7.72. The van der Waals surface area contributed by atoms with Crippen LogP contribution >= 0.6 is 6.89 Å². The minimum absolute atomic E-state index is 0.383. The van der Waals surface area contributed by atoms with Gasteiger partial charge in [-0.1, -0.05) is 6.08 Å². The number of hydrogen-bond donors (Lipinski definition) is 3. The van der Waals surface area contributed by atoms with Gasteiger partial charge in [0.1, 0.15) is 24.2 Å². The molecule has 8 heteroatoms. The molecule has 5 atom stereocenters. The van der Waals surface area contributed by atoms with Crippen LogP contribution in [0, 0.1) is 5.92 Å². The summed E-state index contributed by atoms with van der Waals surface area (Å²) in [5, 5.41) is 22.9. The molecule has 1 unspecified atom stereocenters. The fourth-order valence-electron chi connectivity index (χ4n) is 3.02. The molecule has 0 aromatic heterocycles. The maximum absolute atomic E-state index is 12.2. The fourth-order valence-corrected chi connectivity index (χ4v) is 3.97. The lowest BCUT2D eigenvalue weighted by Gasteiger charge is -2.22. The van der Waals surface area contributed by atoms with Crippen LogP contribution in [0.3, 0.4) is 0 Å². The number of carbonyl (C=O) groups excluding carboxylic acids is 2. The summed E-state index contributed by atoms with van der Waals surface area (Å²) < 4.78 is 7.20. The van der Waals surface area contributed by atoms with Crippen LogP contribution in [0.4, 0.5) is 4.79 Å². The summed E-state index contributed by atoms with van der Waals surface area (Å²) >= 11 is 0. The molecule has 2 heterocycles. The topological polar surface area (TPSA) is 98.9 Å². The van der Waals surface area contributed by atoms with Crippen molar-refractivity contribution >= 4 is 31.3 Å². The highest BCUT2D eigenvalue weighted by Crippen LogP contribution is 2.38. The van der Waals surface area contributed by atoms with Crippen LogP contribution in [0.1, 0.15) is 12.8 Å². The summed E-state index contributed by atoms with van der Waals surface area (Å²) in [6.07, 6.45) is 5.59. The van der Waals surface area contributed by atoms with Gasteiger partial charge in [0.05, 0.1) is 18.9 Å². The smallest absolute Gasteiger partial charge is 0.388 e. The Morgan fingerprint density at radius 3 is 2.64 bits per heavy atom. The van der Waals surface area contributed by atoms with Crippen molar-refractivity contribution in [2.24, 2.45) is 5.92 Å². The van der Waals surface area contributed by atoms with E-state index in [1.54, 1.807) is 6.08 Å². The SMILES string of the molecule is C=CCC[N+]1=CC([C@@H]2O[C@H](CCP(=C)(C)C)[C@@H](O)[C@H]2O)C(=O)NC1=O. The Kier molecular flexibility index (Phi) is 6.38. The van der Waals surface area contributed by atoms with Crippen LogP contribution in [0.15, 0.2) is 12.7 Å². The van der Waals surface area contributed by atoms with Crippen molar-refractivity contribution in [1.82, 2.24) is 5.32 Å². The van der Waals surface area contributed by atoms with E-state index < -0.39 is 49.2 Å². The number of amides is 3. The van der Waals surface area contributed by atoms with Crippen molar-refractivity contribution in [2.75, 3.05) is 26.0 Å². The molecule has 0 radical (unpaired) electrons. The second-order valence-corrected chi connectivity index (χ2v) is 11.6. The highest BCUT2D eigenvalue weighted by atomic mass is 31.2. The summed E-state index contributed by atoms with van der Waals surface area (Å²) in [4.78, 5) is 24.1. The maximum Gasteiger partial charge on any atom is 0.498 e. The van der Waals surface area contributed by atoms with E-state index in [2.05, 4.69) is 31.5 Å². The van der Waals surface area contributed by atoms with Crippen LogP contribution in [-0.2, 0) is 9.53 Å². The van der Waals surface area contributed by atoms with Gasteiger partial charge in [0.15, 0.2) is 0 Å².